The van der Waals surface area contributed by atoms with Gasteiger partial charge < -0.3 is 14.6 Å². The first-order valence-electron chi connectivity index (χ1n) is 9.54. The topological polar surface area (TPSA) is 86.9 Å². The minimum atomic E-state index is 0.0558. The first kappa shape index (κ1) is 18.7. The van der Waals surface area contributed by atoms with Gasteiger partial charge in [0.25, 0.3) is 5.91 Å². The summed E-state index contributed by atoms with van der Waals surface area (Å²) in [5.74, 6) is 0.966. The van der Waals surface area contributed by atoms with Crippen LogP contribution in [-0.2, 0) is 0 Å². The van der Waals surface area contributed by atoms with Crippen LogP contribution in [0.25, 0.3) is 22.3 Å². The number of methoxy groups -OCH3 is 1. The third-order valence-electron chi connectivity index (χ3n) is 4.94. The van der Waals surface area contributed by atoms with Gasteiger partial charge >= 0.3 is 0 Å². The number of pyridine rings is 1. The molecule has 1 amide bonds. The molecule has 0 bridgehead atoms. The Morgan fingerprint density at radius 1 is 1.14 bits per heavy atom. The van der Waals surface area contributed by atoms with Crippen molar-refractivity contribution in [3.05, 3.63) is 66.1 Å². The number of H-pyrrole nitrogens is 2. The highest BCUT2D eigenvalue weighted by Crippen LogP contribution is 2.23. The lowest BCUT2D eigenvalue weighted by Crippen LogP contribution is -2.42. The molecule has 3 aromatic heterocycles. The van der Waals surface area contributed by atoms with Gasteiger partial charge in [0, 0.05) is 29.7 Å². The van der Waals surface area contributed by atoms with E-state index in [4.69, 9.17) is 4.74 Å². The summed E-state index contributed by atoms with van der Waals surface area (Å²) < 4.78 is 4.91. The Labute approximate surface area is 168 Å². The lowest BCUT2D eigenvalue weighted by atomic mass is 10.1. The summed E-state index contributed by atoms with van der Waals surface area (Å²) in [5, 5.41) is 7.87. The van der Waals surface area contributed by atoms with Gasteiger partial charge in [-0.2, -0.15) is 5.10 Å². The van der Waals surface area contributed by atoms with E-state index in [1.807, 2.05) is 60.4 Å². The summed E-state index contributed by atoms with van der Waals surface area (Å²) in [5.41, 5.74) is 4.14. The van der Waals surface area contributed by atoms with E-state index in [1.165, 1.54) is 0 Å². The maximum absolute atomic E-state index is 12.2. The average Bonchev–Trinajstić information content (AvgIpc) is 3.33. The van der Waals surface area contributed by atoms with Crippen LogP contribution < -0.4 is 4.74 Å². The first-order chi connectivity index (χ1) is 14.2. The normalized spacial score (nSPS) is 12.8. The fourth-order valence-electron chi connectivity index (χ4n) is 3.13. The molecule has 4 aromatic rings. The van der Waals surface area contributed by atoms with Crippen molar-refractivity contribution in [1.29, 1.82) is 0 Å². The van der Waals surface area contributed by atoms with Crippen LogP contribution in [0.5, 0.6) is 5.75 Å². The third-order valence-corrected chi connectivity index (χ3v) is 4.94. The molecular formula is C22H23N5O2. The molecule has 4 heterocycles. The quantitative estimate of drug-likeness (QED) is 0.558. The van der Waals surface area contributed by atoms with Gasteiger partial charge in [-0.1, -0.05) is 18.2 Å². The second-order valence-electron chi connectivity index (χ2n) is 6.89. The van der Waals surface area contributed by atoms with Crippen LogP contribution >= 0.6 is 0 Å². The molecule has 2 N–H and O–H groups in total. The van der Waals surface area contributed by atoms with Gasteiger partial charge in [-0.3, -0.25) is 9.89 Å². The van der Waals surface area contributed by atoms with Gasteiger partial charge in [0.15, 0.2) is 0 Å². The van der Waals surface area contributed by atoms with Gasteiger partial charge in [0.2, 0.25) is 0 Å². The molecule has 1 saturated heterocycles. The van der Waals surface area contributed by atoms with Gasteiger partial charge in [-0.15, -0.1) is 0 Å². The van der Waals surface area contributed by atoms with E-state index in [1.54, 1.807) is 13.3 Å². The SMILES string of the molecule is COc1ccccc1.Cc1[nH]ncc1-c1ccc2cc(C(=O)N3CCC3)[nH]c2n1. The second kappa shape index (κ2) is 8.18. The Bertz CT molecular complexity index is 1110. The Kier molecular flexibility index (Phi) is 5.29. The van der Waals surface area contributed by atoms with Crippen LogP contribution in [0.1, 0.15) is 22.6 Å². The van der Waals surface area contributed by atoms with Gasteiger partial charge in [-0.05, 0) is 43.7 Å². The molecule has 7 heteroatoms. The minimum absolute atomic E-state index is 0.0558. The number of ether oxygens (including phenoxy) is 1. The number of carbonyl (C=O) groups excluding carboxylic acids is 1. The van der Waals surface area contributed by atoms with E-state index in [9.17, 15) is 4.79 Å². The van der Waals surface area contributed by atoms with Crippen molar-refractivity contribution < 1.29 is 9.53 Å². The zero-order valence-corrected chi connectivity index (χ0v) is 16.5. The number of hydrogen-bond donors (Lipinski definition) is 2. The van der Waals surface area contributed by atoms with Crippen molar-refractivity contribution in [2.45, 2.75) is 13.3 Å². The van der Waals surface area contributed by atoms with Crippen LogP contribution in [0.4, 0.5) is 0 Å². The van der Waals surface area contributed by atoms with E-state index in [0.29, 0.717) is 5.69 Å². The summed E-state index contributed by atoms with van der Waals surface area (Å²) in [6.07, 6.45) is 2.85. The van der Waals surface area contributed by atoms with Crippen molar-refractivity contribution in [3.63, 3.8) is 0 Å². The molecule has 0 unspecified atom stereocenters. The van der Waals surface area contributed by atoms with Crippen molar-refractivity contribution in [2.24, 2.45) is 0 Å². The molecule has 148 valence electrons. The number of aromatic amines is 2. The molecule has 1 fully saturated rings. The standard InChI is InChI=1S/C15H15N5O.C7H8O/c1-9-11(8-16-19-9)12-4-3-10-7-13(18-14(10)17-12)15(21)20-5-2-6-20;1-8-7-5-3-2-4-6-7/h3-4,7-8H,2,5-6H2,1H3,(H,16,19)(H,17,18);2-6H,1H3. The van der Waals surface area contributed by atoms with Crippen LogP contribution in [0.15, 0.2) is 54.7 Å². The van der Waals surface area contributed by atoms with E-state index in [-0.39, 0.29) is 5.91 Å². The predicted molar refractivity (Wildman–Crippen MR) is 112 cm³/mol. The average molecular weight is 389 g/mol. The molecule has 7 nitrogen and oxygen atoms in total. The lowest BCUT2D eigenvalue weighted by Gasteiger charge is -2.30. The minimum Gasteiger partial charge on any atom is -0.497 e. The number of aryl methyl sites for hydroxylation is 1. The Morgan fingerprint density at radius 3 is 2.52 bits per heavy atom. The molecule has 0 saturated carbocycles. The van der Waals surface area contributed by atoms with Crippen LogP contribution in [-0.4, -0.2) is 51.2 Å². The summed E-state index contributed by atoms with van der Waals surface area (Å²) in [4.78, 5) is 21.8. The van der Waals surface area contributed by atoms with Crippen LogP contribution in [0, 0.1) is 6.92 Å². The largest absolute Gasteiger partial charge is 0.497 e. The number of rotatable bonds is 3. The highest BCUT2D eigenvalue weighted by Gasteiger charge is 2.23. The fraction of sp³-hybridized carbons (Fsp3) is 0.227. The van der Waals surface area contributed by atoms with Gasteiger partial charge in [-0.25, -0.2) is 4.98 Å². The van der Waals surface area contributed by atoms with Crippen molar-refractivity contribution >= 4 is 16.9 Å². The molecule has 5 rings (SSSR count). The zero-order valence-electron chi connectivity index (χ0n) is 16.5. The van der Waals surface area contributed by atoms with Crippen molar-refractivity contribution in [3.8, 4) is 17.0 Å². The monoisotopic (exact) mass is 389 g/mol. The maximum Gasteiger partial charge on any atom is 0.270 e. The predicted octanol–water partition coefficient (Wildman–Crippen LogP) is 3.80. The third kappa shape index (κ3) is 3.99. The van der Waals surface area contributed by atoms with E-state index in [2.05, 4.69) is 20.2 Å². The number of amides is 1. The van der Waals surface area contributed by atoms with E-state index < -0.39 is 0 Å². The number of benzene rings is 1. The Morgan fingerprint density at radius 2 is 1.93 bits per heavy atom. The van der Waals surface area contributed by atoms with Gasteiger partial charge in [0.1, 0.15) is 17.1 Å². The number of likely N-dealkylation sites (tertiary alicyclic amines) is 1. The van der Waals surface area contributed by atoms with Crippen LogP contribution in [0.3, 0.4) is 0 Å². The smallest absolute Gasteiger partial charge is 0.270 e. The number of nitrogens with one attached hydrogen (secondary N) is 2. The summed E-state index contributed by atoms with van der Waals surface area (Å²) in [7, 11) is 1.66. The Balaban J connectivity index is 0.000000216. The van der Waals surface area contributed by atoms with E-state index in [0.717, 1.165) is 53.2 Å². The molecule has 0 radical (unpaired) electrons. The molecule has 29 heavy (non-hydrogen) atoms. The van der Waals surface area contributed by atoms with Crippen molar-refractivity contribution in [2.75, 3.05) is 20.2 Å². The highest BCUT2D eigenvalue weighted by atomic mass is 16.5. The highest BCUT2D eigenvalue weighted by molar-refractivity contribution is 5.97. The number of carbonyl (C=O) groups is 1. The second-order valence-corrected chi connectivity index (χ2v) is 6.89. The number of para-hydroxylation sites is 1. The van der Waals surface area contributed by atoms with Crippen LogP contribution in [0.2, 0.25) is 0 Å². The fourth-order valence-corrected chi connectivity index (χ4v) is 3.13. The lowest BCUT2D eigenvalue weighted by molar-refractivity contribution is 0.0646. The number of hydrogen-bond acceptors (Lipinski definition) is 4. The Hall–Kier alpha value is -3.61. The first-order valence-corrected chi connectivity index (χ1v) is 9.54. The number of fused-ring (bicyclic) bond motifs is 1. The summed E-state index contributed by atoms with van der Waals surface area (Å²) in [6.45, 7) is 3.66. The number of nitrogens with zero attached hydrogens (tertiary/aromatic N) is 3. The zero-order chi connectivity index (χ0) is 20.2. The summed E-state index contributed by atoms with van der Waals surface area (Å²) >= 11 is 0. The molecule has 0 aliphatic carbocycles. The molecule has 1 aliphatic rings. The molecular weight excluding hydrogens is 366 g/mol. The van der Waals surface area contributed by atoms with E-state index >= 15 is 0 Å². The number of aromatic nitrogens is 4. The van der Waals surface area contributed by atoms with Crippen molar-refractivity contribution in [1.82, 2.24) is 25.1 Å². The maximum atomic E-state index is 12.2. The molecule has 0 spiro atoms. The molecule has 1 aromatic carbocycles. The molecule has 0 atom stereocenters. The summed E-state index contributed by atoms with van der Waals surface area (Å²) in [6, 6.07) is 15.5. The van der Waals surface area contributed by atoms with Gasteiger partial charge in [0.05, 0.1) is 19.0 Å². The molecule has 1 aliphatic heterocycles.